The molecule has 17 heavy (non-hydrogen) atoms. The molecule has 0 atom stereocenters. The minimum Gasteiger partial charge on any atom is -0.439 e. The SMILES string of the molecule is CNCc1ncc(-c2ccc(Cl)cc2)o1.Cl.Cl. The quantitative estimate of drug-likeness (QED) is 0.941. The van der Waals surface area contributed by atoms with Crippen LogP contribution in [0, 0.1) is 0 Å². The molecule has 1 N–H and O–H groups in total. The maximum atomic E-state index is 5.80. The lowest BCUT2D eigenvalue weighted by atomic mass is 10.2. The molecular weight excluding hydrogens is 282 g/mol. The molecule has 0 unspecified atom stereocenters. The first-order chi connectivity index (χ1) is 7.29. The normalized spacial score (nSPS) is 9.29. The van der Waals surface area contributed by atoms with Crippen LogP contribution in [-0.2, 0) is 6.54 Å². The number of rotatable bonds is 3. The van der Waals surface area contributed by atoms with E-state index in [0.717, 1.165) is 11.3 Å². The molecule has 0 radical (unpaired) electrons. The van der Waals surface area contributed by atoms with Gasteiger partial charge in [-0.2, -0.15) is 0 Å². The molecule has 0 aliphatic carbocycles. The highest BCUT2D eigenvalue weighted by Gasteiger charge is 2.04. The minimum atomic E-state index is 0. The Labute approximate surface area is 117 Å². The van der Waals surface area contributed by atoms with Crippen molar-refractivity contribution >= 4 is 36.4 Å². The predicted octanol–water partition coefficient (Wildman–Crippen LogP) is 3.56. The number of hydrogen-bond acceptors (Lipinski definition) is 3. The molecule has 3 nitrogen and oxygen atoms in total. The molecule has 0 saturated heterocycles. The third kappa shape index (κ3) is 4.21. The maximum Gasteiger partial charge on any atom is 0.208 e. The van der Waals surface area contributed by atoms with Crippen LogP contribution in [0.15, 0.2) is 34.9 Å². The highest BCUT2D eigenvalue weighted by atomic mass is 35.5. The monoisotopic (exact) mass is 294 g/mol. The summed E-state index contributed by atoms with van der Waals surface area (Å²) in [5.41, 5.74) is 0.981. The van der Waals surface area contributed by atoms with Crippen molar-refractivity contribution < 1.29 is 4.42 Å². The van der Waals surface area contributed by atoms with Gasteiger partial charge in [0.2, 0.25) is 5.89 Å². The topological polar surface area (TPSA) is 38.1 Å². The van der Waals surface area contributed by atoms with E-state index >= 15 is 0 Å². The summed E-state index contributed by atoms with van der Waals surface area (Å²) in [4.78, 5) is 4.14. The van der Waals surface area contributed by atoms with E-state index < -0.39 is 0 Å². The summed E-state index contributed by atoms with van der Waals surface area (Å²) in [6.07, 6.45) is 1.72. The average molecular weight is 296 g/mol. The lowest BCUT2D eigenvalue weighted by Crippen LogP contribution is -2.04. The smallest absolute Gasteiger partial charge is 0.208 e. The van der Waals surface area contributed by atoms with Crippen LogP contribution in [0.1, 0.15) is 5.89 Å². The van der Waals surface area contributed by atoms with E-state index in [4.69, 9.17) is 16.0 Å². The van der Waals surface area contributed by atoms with Gasteiger partial charge < -0.3 is 9.73 Å². The molecule has 6 heteroatoms. The van der Waals surface area contributed by atoms with E-state index in [1.54, 1.807) is 6.20 Å². The summed E-state index contributed by atoms with van der Waals surface area (Å²) in [7, 11) is 1.85. The number of benzene rings is 1. The number of nitrogens with one attached hydrogen (secondary N) is 1. The van der Waals surface area contributed by atoms with Crippen molar-refractivity contribution in [2.75, 3.05) is 7.05 Å². The van der Waals surface area contributed by atoms with Crippen molar-refractivity contribution in [2.24, 2.45) is 0 Å². The van der Waals surface area contributed by atoms with Gasteiger partial charge in [0.1, 0.15) is 0 Å². The van der Waals surface area contributed by atoms with Gasteiger partial charge in [-0.05, 0) is 31.3 Å². The summed E-state index contributed by atoms with van der Waals surface area (Å²) in [6.45, 7) is 0.633. The Morgan fingerprint density at radius 3 is 2.47 bits per heavy atom. The fraction of sp³-hybridized carbons (Fsp3) is 0.182. The van der Waals surface area contributed by atoms with Gasteiger partial charge in [0.15, 0.2) is 5.76 Å². The number of hydrogen-bond donors (Lipinski definition) is 1. The summed E-state index contributed by atoms with van der Waals surface area (Å²) in [6, 6.07) is 7.48. The van der Waals surface area contributed by atoms with Crippen LogP contribution >= 0.6 is 36.4 Å². The lowest BCUT2D eigenvalue weighted by molar-refractivity contribution is 0.491. The molecule has 2 aromatic rings. The van der Waals surface area contributed by atoms with Crippen molar-refractivity contribution in [3.05, 3.63) is 41.4 Å². The van der Waals surface area contributed by atoms with Gasteiger partial charge in [-0.3, -0.25) is 0 Å². The van der Waals surface area contributed by atoms with E-state index in [1.807, 2.05) is 31.3 Å². The van der Waals surface area contributed by atoms with Gasteiger partial charge >= 0.3 is 0 Å². The number of nitrogens with zero attached hydrogens (tertiary/aromatic N) is 1. The third-order valence-corrected chi connectivity index (χ3v) is 2.26. The third-order valence-electron chi connectivity index (χ3n) is 2.01. The molecule has 2 rings (SSSR count). The standard InChI is InChI=1S/C11H11ClN2O.2ClH/c1-13-7-11-14-6-10(15-11)8-2-4-9(12)5-3-8;;/h2-6,13H,7H2,1H3;2*1H. The van der Waals surface area contributed by atoms with Gasteiger partial charge in [-0.25, -0.2) is 4.98 Å². The Kier molecular flexibility index (Phi) is 7.23. The highest BCUT2D eigenvalue weighted by molar-refractivity contribution is 6.30. The Bertz CT molecular complexity index is 442. The van der Waals surface area contributed by atoms with E-state index in [2.05, 4.69) is 10.3 Å². The maximum absolute atomic E-state index is 5.80. The molecule has 1 aromatic carbocycles. The minimum absolute atomic E-state index is 0. The zero-order chi connectivity index (χ0) is 10.7. The lowest BCUT2D eigenvalue weighted by Gasteiger charge is -1.96. The molecule has 0 spiro atoms. The average Bonchev–Trinajstić information content (AvgIpc) is 2.68. The largest absolute Gasteiger partial charge is 0.439 e. The van der Waals surface area contributed by atoms with Crippen LogP contribution in [0.25, 0.3) is 11.3 Å². The Morgan fingerprint density at radius 1 is 1.24 bits per heavy atom. The predicted molar refractivity (Wildman–Crippen MR) is 74.2 cm³/mol. The molecule has 0 aliphatic rings. The second-order valence-electron chi connectivity index (χ2n) is 3.16. The van der Waals surface area contributed by atoms with E-state index in [1.165, 1.54) is 0 Å². The van der Waals surface area contributed by atoms with Crippen LogP contribution in [0.3, 0.4) is 0 Å². The fourth-order valence-corrected chi connectivity index (χ4v) is 1.42. The molecule has 1 aromatic heterocycles. The van der Waals surface area contributed by atoms with Crippen LogP contribution in [0.2, 0.25) is 5.02 Å². The molecule has 1 heterocycles. The molecule has 94 valence electrons. The molecule has 0 bridgehead atoms. The van der Waals surface area contributed by atoms with Crippen molar-refractivity contribution in [3.8, 4) is 11.3 Å². The van der Waals surface area contributed by atoms with Gasteiger partial charge in [0.05, 0.1) is 12.7 Å². The molecule has 0 fully saturated rings. The van der Waals surface area contributed by atoms with Crippen molar-refractivity contribution in [1.29, 1.82) is 0 Å². The van der Waals surface area contributed by atoms with Gasteiger partial charge in [-0.1, -0.05) is 11.6 Å². The Morgan fingerprint density at radius 2 is 1.88 bits per heavy atom. The van der Waals surface area contributed by atoms with E-state index in [-0.39, 0.29) is 24.8 Å². The first kappa shape index (κ1) is 16.3. The highest BCUT2D eigenvalue weighted by Crippen LogP contribution is 2.22. The van der Waals surface area contributed by atoms with Crippen LogP contribution in [0.5, 0.6) is 0 Å². The van der Waals surface area contributed by atoms with E-state index in [0.29, 0.717) is 17.5 Å². The van der Waals surface area contributed by atoms with Crippen LogP contribution in [0.4, 0.5) is 0 Å². The first-order valence-electron chi connectivity index (χ1n) is 4.65. The number of halogens is 3. The number of oxazole rings is 1. The zero-order valence-corrected chi connectivity index (χ0v) is 11.5. The summed E-state index contributed by atoms with van der Waals surface area (Å²) in [5.74, 6) is 1.44. The molecule has 0 aliphatic heterocycles. The number of aromatic nitrogens is 1. The zero-order valence-electron chi connectivity index (χ0n) is 9.14. The Hall–Kier alpha value is -0.740. The first-order valence-corrected chi connectivity index (χ1v) is 5.02. The Balaban J connectivity index is 0.00000128. The van der Waals surface area contributed by atoms with Gasteiger partial charge in [0, 0.05) is 10.6 Å². The van der Waals surface area contributed by atoms with Gasteiger partial charge in [0.25, 0.3) is 0 Å². The molecule has 0 amide bonds. The molecule has 0 saturated carbocycles. The van der Waals surface area contributed by atoms with E-state index in [9.17, 15) is 0 Å². The van der Waals surface area contributed by atoms with Crippen molar-refractivity contribution in [3.63, 3.8) is 0 Å². The fourth-order valence-electron chi connectivity index (χ4n) is 1.29. The second-order valence-corrected chi connectivity index (χ2v) is 3.59. The molecular formula is C11H13Cl3N2O. The van der Waals surface area contributed by atoms with Crippen LogP contribution < -0.4 is 5.32 Å². The van der Waals surface area contributed by atoms with Crippen molar-refractivity contribution in [2.45, 2.75) is 6.54 Å². The van der Waals surface area contributed by atoms with Gasteiger partial charge in [-0.15, -0.1) is 24.8 Å². The van der Waals surface area contributed by atoms with Crippen LogP contribution in [-0.4, -0.2) is 12.0 Å². The second kappa shape index (κ2) is 7.56. The summed E-state index contributed by atoms with van der Waals surface area (Å²) < 4.78 is 5.53. The van der Waals surface area contributed by atoms with Crippen molar-refractivity contribution in [1.82, 2.24) is 10.3 Å². The summed E-state index contributed by atoms with van der Waals surface area (Å²) in [5, 5.41) is 3.70. The summed E-state index contributed by atoms with van der Waals surface area (Å²) >= 11 is 5.80.